The van der Waals surface area contributed by atoms with E-state index in [0.29, 0.717) is 21.7 Å². The molecule has 1 aliphatic rings. The summed E-state index contributed by atoms with van der Waals surface area (Å²) >= 11 is 3.17. The van der Waals surface area contributed by atoms with Gasteiger partial charge in [-0.25, -0.2) is 0 Å². The van der Waals surface area contributed by atoms with Gasteiger partial charge >= 0.3 is 0 Å². The van der Waals surface area contributed by atoms with Gasteiger partial charge in [0.25, 0.3) is 5.91 Å². The van der Waals surface area contributed by atoms with E-state index in [1.807, 2.05) is 0 Å². The second-order valence-corrected chi connectivity index (χ2v) is 4.82. The van der Waals surface area contributed by atoms with Gasteiger partial charge in [0.2, 0.25) is 6.79 Å². The maximum atomic E-state index is 12.2. The molecule has 1 aromatic carbocycles. The Morgan fingerprint density at radius 2 is 2.05 bits per heavy atom. The minimum absolute atomic E-state index is 0.159. The van der Waals surface area contributed by atoms with Crippen LogP contribution in [0.1, 0.15) is 10.4 Å². The van der Waals surface area contributed by atoms with Gasteiger partial charge in [-0.3, -0.25) is 4.79 Å². The fourth-order valence-corrected chi connectivity index (χ4v) is 2.17. The summed E-state index contributed by atoms with van der Waals surface area (Å²) < 4.78 is 16.1. The van der Waals surface area contributed by atoms with Gasteiger partial charge in [-0.1, -0.05) is 0 Å². The van der Waals surface area contributed by atoms with Crippen LogP contribution in [0.3, 0.4) is 0 Å². The molecule has 0 N–H and O–H groups in total. The molecule has 0 bridgehead atoms. The average Bonchev–Trinajstić information content (AvgIpc) is 3.04. The largest absolute Gasteiger partial charge is 0.457 e. The number of hydrogen-bond donors (Lipinski definition) is 0. The number of benzene rings is 1. The van der Waals surface area contributed by atoms with Crippen molar-refractivity contribution >= 4 is 27.5 Å². The molecule has 98 valence electrons. The highest BCUT2D eigenvalue weighted by atomic mass is 79.9. The number of amides is 1. The lowest BCUT2D eigenvalue weighted by molar-refractivity contribution is 0.0992. The normalized spacial score (nSPS) is 12.5. The number of anilines is 1. The lowest BCUT2D eigenvalue weighted by atomic mass is 10.2. The molecule has 0 spiro atoms. The fraction of sp³-hybridized carbons (Fsp3) is 0.154. The van der Waals surface area contributed by atoms with Crippen molar-refractivity contribution in [3.05, 3.63) is 40.8 Å². The summed E-state index contributed by atoms with van der Waals surface area (Å²) in [5.74, 6) is 1.18. The van der Waals surface area contributed by atoms with E-state index in [2.05, 4.69) is 15.9 Å². The standard InChI is InChI=1S/C13H10BrNO4/c1-15(13(16)8-4-12(14)17-6-8)9-2-3-10-11(5-9)19-7-18-10/h2-6H,7H2,1H3. The first-order valence-electron chi connectivity index (χ1n) is 5.57. The zero-order valence-corrected chi connectivity index (χ0v) is 11.6. The van der Waals surface area contributed by atoms with Crippen LogP contribution in [0.2, 0.25) is 0 Å². The number of halogens is 1. The van der Waals surface area contributed by atoms with Gasteiger partial charge in [0.05, 0.1) is 5.56 Å². The molecule has 1 aliphatic heterocycles. The second kappa shape index (κ2) is 4.62. The third kappa shape index (κ3) is 2.19. The second-order valence-electron chi connectivity index (χ2n) is 4.04. The number of furan rings is 1. The van der Waals surface area contributed by atoms with E-state index in [1.165, 1.54) is 11.2 Å². The first-order valence-corrected chi connectivity index (χ1v) is 6.36. The molecule has 2 heterocycles. The number of rotatable bonds is 2. The average molecular weight is 324 g/mol. The lowest BCUT2D eigenvalue weighted by Gasteiger charge is -2.16. The Morgan fingerprint density at radius 1 is 1.26 bits per heavy atom. The zero-order valence-electron chi connectivity index (χ0n) is 10.1. The smallest absolute Gasteiger partial charge is 0.261 e. The number of fused-ring (bicyclic) bond motifs is 1. The molecular weight excluding hydrogens is 314 g/mol. The van der Waals surface area contributed by atoms with E-state index in [9.17, 15) is 4.79 Å². The Labute approximate surface area is 117 Å². The summed E-state index contributed by atoms with van der Waals surface area (Å²) in [5, 5.41) is 0. The third-order valence-electron chi connectivity index (χ3n) is 2.86. The van der Waals surface area contributed by atoms with Gasteiger partial charge in [-0.15, -0.1) is 0 Å². The van der Waals surface area contributed by atoms with E-state index >= 15 is 0 Å². The molecule has 0 atom stereocenters. The summed E-state index contributed by atoms with van der Waals surface area (Å²) in [6.07, 6.45) is 1.41. The van der Waals surface area contributed by atoms with Crippen LogP contribution in [0.25, 0.3) is 0 Å². The first kappa shape index (κ1) is 12.1. The van der Waals surface area contributed by atoms with Crippen molar-refractivity contribution in [3.8, 4) is 11.5 Å². The van der Waals surface area contributed by atoms with Crippen molar-refractivity contribution in [2.45, 2.75) is 0 Å². The highest BCUT2D eigenvalue weighted by molar-refractivity contribution is 9.10. The first-order chi connectivity index (χ1) is 9.15. The van der Waals surface area contributed by atoms with E-state index in [-0.39, 0.29) is 12.7 Å². The van der Waals surface area contributed by atoms with E-state index in [4.69, 9.17) is 13.9 Å². The molecule has 3 rings (SSSR count). The quantitative estimate of drug-likeness (QED) is 0.852. The lowest BCUT2D eigenvalue weighted by Crippen LogP contribution is -2.25. The predicted octanol–water partition coefficient (Wildman–Crippen LogP) is 3.05. The van der Waals surface area contributed by atoms with Gasteiger partial charge in [0.1, 0.15) is 6.26 Å². The third-order valence-corrected chi connectivity index (χ3v) is 3.28. The van der Waals surface area contributed by atoms with Crippen LogP contribution in [-0.4, -0.2) is 19.7 Å². The minimum atomic E-state index is -0.159. The van der Waals surface area contributed by atoms with Gasteiger partial charge in [-0.05, 0) is 28.1 Å². The molecular formula is C13H10BrNO4. The molecule has 1 amide bonds. The molecule has 6 heteroatoms. The molecule has 0 unspecified atom stereocenters. The number of ether oxygens (including phenoxy) is 2. The van der Waals surface area contributed by atoms with E-state index in [0.717, 1.165) is 5.69 Å². The van der Waals surface area contributed by atoms with Crippen LogP contribution in [0.5, 0.6) is 11.5 Å². The molecule has 0 aliphatic carbocycles. The van der Waals surface area contributed by atoms with Crippen LogP contribution in [0.15, 0.2) is 39.6 Å². The van der Waals surface area contributed by atoms with Crippen molar-refractivity contribution in [3.63, 3.8) is 0 Å². The molecule has 0 saturated heterocycles. The van der Waals surface area contributed by atoms with E-state index < -0.39 is 0 Å². The molecule has 5 nitrogen and oxygen atoms in total. The Morgan fingerprint density at radius 3 is 2.79 bits per heavy atom. The van der Waals surface area contributed by atoms with Crippen molar-refractivity contribution in [1.82, 2.24) is 0 Å². The summed E-state index contributed by atoms with van der Waals surface area (Å²) in [7, 11) is 1.70. The van der Waals surface area contributed by atoms with Crippen LogP contribution in [-0.2, 0) is 0 Å². The van der Waals surface area contributed by atoms with E-state index in [1.54, 1.807) is 31.3 Å². The molecule has 19 heavy (non-hydrogen) atoms. The summed E-state index contributed by atoms with van der Waals surface area (Å²) in [6, 6.07) is 6.99. The van der Waals surface area contributed by atoms with Crippen molar-refractivity contribution in [2.24, 2.45) is 0 Å². The predicted molar refractivity (Wildman–Crippen MR) is 71.7 cm³/mol. The van der Waals surface area contributed by atoms with Gasteiger partial charge in [0.15, 0.2) is 16.2 Å². The maximum absolute atomic E-state index is 12.2. The summed E-state index contributed by atoms with van der Waals surface area (Å²) in [5.41, 5.74) is 1.21. The Hall–Kier alpha value is -1.95. The van der Waals surface area contributed by atoms with Gasteiger partial charge < -0.3 is 18.8 Å². The Bertz CT molecular complexity index is 637. The zero-order chi connectivity index (χ0) is 13.4. The highest BCUT2D eigenvalue weighted by Gasteiger charge is 2.19. The van der Waals surface area contributed by atoms with Gasteiger partial charge in [0, 0.05) is 24.9 Å². The SMILES string of the molecule is CN(C(=O)c1coc(Br)c1)c1ccc2c(c1)OCO2. The Balaban J connectivity index is 1.87. The van der Waals surface area contributed by atoms with Crippen LogP contribution in [0.4, 0.5) is 5.69 Å². The Kier molecular flexibility index (Phi) is 2.94. The molecule has 1 aromatic heterocycles. The topological polar surface area (TPSA) is 51.9 Å². The van der Waals surface area contributed by atoms with Crippen LogP contribution < -0.4 is 14.4 Å². The summed E-state index contributed by atoms with van der Waals surface area (Å²) in [4.78, 5) is 13.8. The number of carbonyl (C=O) groups excluding carboxylic acids is 1. The maximum Gasteiger partial charge on any atom is 0.261 e. The minimum Gasteiger partial charge on any atom is -0.457 e. The highest BCUT2D eigenvalue weighted by Crippen LogP contribution is 2.35. The molecule has 0 radical (unpaired) electrons. The fourth-order valence-electron chi connectivity index (χ4n) is 1.83. The summed E-state index contributed by atoms with van der Waals surface area (Å²) in [6.45, 7) is 0.213. The molecule has 0 fully saturated rings. The number of carbonyl (C=O) groups is 1. The van der Waals surface area contributed by atoms with Crippen molar-refractivity contribution in [1.29, 1.82) is 0 Å². The van der Waals surface area contributed by atoms with Crippen molar-refractivity contribution in [2.75, 3.05) is 18.7 Å². The molecule has 0 saturated carbocycles. The number of nitrogens with zero attached hydrogens (tertiary/aromatic N) is 1. The van der Waals surface area contributed by atoms with Crippen molar-refractivity contribution < 1.29 is 18.7 Å². The molecule has 2 aromatic rings. The monoisotopic (exact) mass is 323 g/mol. The van der Waals surface area contributed by atoms with Crippen LogP contribution >= 0.6 is 15.9 Å². The van der Waals surface area contributed by atoms with Crippen LogP contribution in [0, 0.1) is 0 Å². The van der Waals surface area contributed by atoms with Gasteiger partial charge in [-0.2, -0.15) is 0 Å². The number of hydrogen-bond acceptors (Lipinski definition) is 4.